The Morgan fingerprint density at radius 2 is 1.88 bits per heavy atom. The summed E-state index contributed by atoms with van der Waals surface area (Å²) in [5.74, 6) is -0.486. The van der Waals surface area contributed by atoms with E-state index in [9.17, 15) is 9.59 Å². The third-order valence-corrected chi connectivity index (χ3v) is 3.61. The fraction of sp³-hybridized carbons (Fsp3) is 0.500. The van der Waals surface area contributed by atoms with E-state index in [1.165, 1.54) is 7.11 Å². The van der Waals surface area contributed by atoms with Gasteiger partial charge in [0.15, 0.2) is 0 Å². The van der Waals surface area contributed by atoms with E-state index < -0.39 is 0 Å². The summed E-state index contributed by atoms with van der Waals surface area (Å²) >= 11 is 0. The highest BCUT2D eigenvalue weighted by Gasteiger charge is 2.20. The van der Waals surface area contributed by atoms with Gasteiger partial charge in [-0.25, -0.2) is 0 Å². The summed E-state index contributed by atoms with van der Waals surface area (Å²) in [6.45, 7) is 2.92. The second kappa shape index (κ2) is 10.4. The molecule has 1 rings (SSSR count). The average Bonchev–Trinajstić information content (AvgIpc) is 2.58. The molecule has 130 valence electrons. The first-order valence-corrected chi connectivity index (χ1v) is 7.88. The highest BCUT2D eigenvalue weighted by molar-refractivity contribution is 5.93. The molecule has 0 aliphatic carbocycles. The number of esters is 1. The smallest absolute Gasteiger partial charge is 0.305 e. The van der Waals surface area contributed by atoms with Crippen molar-refractivity contribution in [3.05, 3.63) is 29.8 Å². The average molecular weight is 332 g/mol. The van der Waals surface area contributed by atoms with E-state index in [0.29, 0.717) is 25.1 Å². The summed E-state index contributed by atoms with van der Waals surface area (Å²) in [6, 6.07) is 8.95. The Morgan fingerprint density at radius 3 is 2.42 bits per heavy atom. The van der Waals surface area contributed by atoms with Crippen LogP contribution in [0.15, 0.2) is 24.3 Å². The Bertz CT molecular complexity index is 578. The van der Waals surface area contributed by atoms with Crippen molar-refractivity contribution in [1.82, 2.24) is 0 Å². The van der Waals surface area contributed by atoms with Crippen LogP contribution in [-0.4, -0.2) is 39.2 Å². The number of anilines is 1. The number of nitrogens with zero attached hydrogens (tertiary/aromatic N) is 2. The van der Waals surface area contributed by atoms with Crippen molar-refractivity contribution in [1.29, 1.82) is 5.26 Å². The third-order valence-electron chi connectivity index (χ3n) is 3.61. The van der Waals surface area contributed by atoms with E-state index in [4.69, 9.17) is 10.00 Å². The summed E-state index contributed by atoms with van der Waals surface area (Å²) in [5.41, 5.74) is 1.28. The fourth-order valence-corrected chi connectivity index (χ4v) is 2.33. The van der Waals surface area contributed by atoms with E-state index in [1.54, 1.807) is 36.3 Å². The zero-order valence-corrected chi connectivity index (χ0v) is 14.4. The van der Waals surface area contributed by atoms with Crippen molar-refractivity contribution >= 4 is 17.6 Å². The number of hydrogen-bond acceptors (Lipinski definition) is 5. The molecule has 0 saturated carbocycles. The van der Waals surface area contributed by atoms with Gasteiger partial charge < -0.3 is 14.4 Å². The Kier molecular flexibility index (Phi) is 8.52. The molecule has 1 amide bonds. The van der Waals surface area contributed by atoms with Crippen LogP contribution in [0.25, 0.3) is 0 Å². The van der Waals surface area contributed by atoms with E-state index in [2.05, 4.69) is 10.8 Å². The summed E-state index contributed by atoms with van der Waals surface area (Å²) in [5, 5.41) is 8.89. The summed E-state index contributed by atoms with van der Waals surface area (Å²) in [7, 11) is 2.96. The van der Waals surface area contributed by atoms with Crippen LogP contribution < -0.4 is 4.90 Å². The maximum Gasteiger partial charge on any atom is 0.305 e. The Balaban J connectivity index is 2.81. The van der Waals surface area contributed by atoms with Crippen LogP contribution in [0.4, 0.5) is 5.69 Å². The molecule has 1 unspecified atom stereocenters. The number of rotatable bonds is 9. The molecule has 24 heavy (non-hydrogen) atoms. The minimum absolute atomic E-state index is 0.0628. The largest absolute Gasteiger partial charge is 0.469 e. The van der Waals surface area contributed by atoms with Gasteiger partial charge in [-0.2, -0.15) is 5.26 Å². The summed E-state index contributed by atoms with van der Waals surface area (Å²) < 4.78 is 9.69. The lowest BCUT2D eigenvalue weighted by molar-refractivity contribution is -0.141. The first-order valence-electron chi connectivity index (χ1n) is 7.88. The summed E-state index contributed by atoms with van der Waals surface area (Å²) in [4.78, 5) is 25.6. The molecule has 6 heteroatoms. The molecule has 0 N–H and O–H groups in total. The number of methoxy groups -OCH3 is 2. The maximum absolute atomic E-state index is 12.6. The van der Waals surface area contributed by atoms with Crippen molar-refractivity contribution in [2.75, 3.05) is 32.3 Å². The van der Waals surface area contributed by atoms with Crippen LogP contribution in [0.1, 0.15) is 31.7 Å². The van der Waals surface area contributed by atoms with E-state index in [-0.39, 0.29) is 30.6 Å². The lowest BCUT2D eigenvalue weighted by Gasteiger charge is -2.24. The number of carbonyl (C=O) groups excluding carboxylic acids is 2. The molecule has 1 aromatic carbocycles. The first-order chi connectivity index (χ1) is 11.5. The topological polar surface area (TPSA) is 79.6 Å². The fourth-order valence-electron chi connectivity index (χ4n) is 2.33. The normalized spacial score (nSPS) is 11.4. The molecule has 0 heterocycles. The molecule has 0 fully saturated rings. The van der Waals surface area contributed by atoms with Gasteiger partial charge in [-0.05, 0) is 36.6 Å². The van der Waals surface area contributed by atoms with Crippen LogP contribution in [0.5, 0.6) is 0 Å². The van der Waals surface area contributed by atoms with Crippen molar-refractivity contribution in [2.45, 2.75) is 26.2 Å². The Labute approximate surface area is 143 Å². The van der Waals surface area contributed by atoms with Crippen LogP contribution in [-0.2, 0) is 19.1 Å². The predicted octanol–water partition coefficient (Wildman–Crippen LogP) is 2.52. The zero-order valence-electron chi connectivity index (χ0n) is 14.4. The van der Waals surface area contributed by atoms with Crippen molar-refractivity contribution in [3.63, 3.8) is 0 Å². The minimum Gasteiger partial charge on any atom is -0.469 e. The molecule has 1 atom stereocenters. The molecule has 0 aromatic heterocycles. The molecule has 0 aliphatic rings. The van der Waals surface area contributed by atoms with Crippen molar-refractivity contribution in [3.8, 4) is 6.07 Å². The number of nitriles is 1. The first kappa shape index (κ1) is 19.7. The van der Waals surface area contributed by atoms with Gasteiger partial charge >= 0.3 is 5.97 Å². The SMILES string of the molecule is COCCCN(C(=O)CC(C)CC(=O)OC)c1ccc(C#N)cc1. The standard InChI is InChI=1S/C18H24N2O4/c1-14(12-18(22)24-3)11-17(21)20(9-4-10-23-2)16-7-5-15(13-19)6-8-16/h5-8,14H,4,9-12H2,1-3H3. The number of carbonyl (C=O) groups is 2. The number of benzene rings is 1. The van der Waals surface area contributed by atoms with Gasteiger partial charge in [-0.15, -0.1) is 0 Å². The Morgan fingerprint density at radius 1 is 1.21 bits per heavy atom. The van der Waals surface area contributed by atoms with Crippen molar-refractivity contribution < 1.29 is 19.1 Å². The van der Waals surface area contributed by atoms with Crippen LogP contribution in [0, 0.1) is 17.2 Å². The predicted molar refractivity (Wildman–Crippen MR) is 90.4 cm³/mol. The van der Waals surface area contributed by atoms with Gasteiger partial charge in [0.2, 0.25) is 5.91 Å². The van der Waals surface area contributed by atoms with Gasteiger partial charge in [0.05, 0.1) is 18.7 Å². The van der Waals surface area contributed by atoms with E-state index >= 15 is 0 Å². The van der Waals surface area contributed by atoms with Gasteiger partial charge in [-0.3, -0.25) is 9.59 Å². The van der Waals surface area contributed by atoms with Crippen molar-refractivity contribution in [2.24, 2.45) is 5.92 Å². The molecular weight excluding hydrogens is 308 g/mol. The highest BCUT2D eigenvalue weighted by Crippen LogP contribution is 2.19. The minimum atomic E-state index is -0.320. The lowest BCUT2D eigenvalue weighted by atomic mass is 10.0. The van der Waals surface area contributed by atoms with Gasteiger partial charge in [0.25, 0.3) is 0 Å². The van der Waals surface area contributed by atoms with Gasteiger partial charge in [0.1, 0.15) is 0 Å². The Hall–Kier alpha value is -2.39. The second-order valence-corrected chi connectivity index (χ2v) is 5.64. The molecular formula is C18H24N2O4. The molecule has 0 radical (unpaired) electrons. The molecule has 0 spiro atoms. The lowest BCUT2D eigenvalue weighted by Crippen LogP contribution is -2.33. The quantitative estimate of drug-likeness (QED) is 0.513. The van der Waals surface area contributed by atoms with Crippen LogP contribution in [0.3, 0.4) is 0 Å². The van der Waals surface area contributed by atoms with Crippen LogP contribution in [0.2, 0.25) is 0 Å². The van der Waals surface area contributed by atoms with Gasteiger partial charge in [0, 0.05) is 38.8 Å². The third kappa shape index (κ3) is 6.39. The number of ether oxygens (including phenoxy) is 2. The summed E-state index contributed by atoms with van der Waals surface area (Å²) in [6.07, 6.45) is 1.16. The highest BCUT2D eigenvalue weighted by atomic mass is 16.5. The number of hydrogen-bond donors (Lipinski definition) is 0. The monoisotopic (exact) mass is 332 g/mol. The second-order valence-electron chi connectivity index (χ2n) is 5.64. The van der Waals surface area contributed by atoms with E-state index in [0.717, 1.165) is 5.69 Å². The molecule has 1 aromatic rings. The molecule has 0 saturated heterocycles. The molecule has 6 nitrogen and oxygen atoms in total. The zero-order chi connectivity index (χ0) is 17.9. The number of amides is 1. The molecule has 0 bridgehead atoms. The van der Waals surface area contributed by atoms with E-state index in [1.807, 2.05) is 6.92 Å². The van der Waals surface area contributed by atoms with Crippen LogP contribution >= 0.6 is 0 Å². The van der Waals surface area contributed by atoms with Gasteiger partial charge in [-0.1, -0.05) is 6.92 Å². The maximum atomic E-state index is 12.6. The molecule has 0 aliphatic heterocycles.